The van der Waals surface area contributed by atoms with E-state index in [1.54, 1.807) is 0 Å². The Balaban J connectivity index is 1.62. The molecule has 0 N–H and O–H groups in total. The van der Waals surface area contributed by atoms with Gasteiger partial charge >= 0.3 is 0 Å². The van der Waals surface area contributed by atoms with Crippen molar-refractivity contribution in [1.29, 1.82) is 0 Å². The Bertz CT molecular complexity index is 1150. The first kappa shape index (κ1) is 17.8. The molecule has 6 rings (SSSR count). The normalized spacial score (nSPS) is 21.4. The molecule has 0 amide bonds. The van der Waals surface area contributed by atoms with Gasteiger partial charge in [0.15, 0.2) is 0 Å². The van der Waals surface area contributed by atoms with Crippen LogP contribution in [-0.2, 0) is 0 Å². The van der Waals surface area contributed by atoms with Gasteiger partial charge in [0, 0.05) is 17.0 Å². The highest BCUT2D eigenvalue weighted by atomic mass is 16.5. The van der Waals surface area contributed by atoms with E-state index < -0.39 is 0 Å². The van der Waals surface area contributed by atoms with Crippen LogP contribution in [0.2, 0.25) is 0 Å². The third kappa shape index (κ3) is 2.78. The molecule has 0 saturated heterocycles. The lowest BCUT2D eigenvalue weighted by Crippen LogP contribution is -2.37. The molecule has 0 bridgehead atoms. The van der Waals surface area contributed by atoms with Crippen LogP contribution in [0.5, 0.6) is 11.5 Å². The first-order chi connectivity index (χ1) is 14.8. The Morgan fingerprint density at radius 2 is 1.17 bits per heavy atom. The lowest BCUT2D eigenvalue weighted by molar-refractivity contribution is 0.0485. The van der Waals surface area contributed by atoms with Crippen molar-refractivity contribution < 1.29 is 9.47 Å². The van der Waals surface area contributed by atoms with Crippen molar-refractivity contribution in [2.24, 2.45) is 17.8 Å². The largest absolute Gasteiger partial charge is 0.492 e. The highest BCUT2D eigenvalue weighted by molar-refractivity contribution is 6.09. The molecule has 0 aromatic heterocycles. The Morgan fingerprint density at radius 1 is 0.633 bits per heavy atom. The van der Waals surface area contributed by atoms with E-state index in [9.17, 15) is 0 Å². The van der Waals surface area contributed by atoms with E-state index in [-0.39, 0.29) is 0 Å². The van der Waals surface area contributed by atoms with Crippen LogP contribution in [-0.4, -0.2) is 13.2 Å². The average molecular weight is 395 g/mol. The number of ether oxygens (including phenoxy) is 2. The van der Waals surface area contributed by atoms with Crippen LogP contribution >= 0.6 is 0 Å². The van der Waals surface area contributed by atoms with E-state index >= 15 is 0 Å². The van der Waals surface area contributed by atoms with Gasteiger partial charge in [0.25, 0.3) is 0 Å². The molecule has 2 heteroatoms. The second kappa shape index (κ2) is 7.05. The van der Waals surface area contributed by atoms with Gasteiger partial charge in [-0.2, -0.15) is 0 Å². The molecule has 0 radical (unpaired) electrons. The third-order valence-electron chi connectivity index (χ3n) is 7.23. The molecule has 150 valence electrons. The zero-order valence-electron chi connectivity index (χ0n) is 17.3. The van der Waals surface area contributed by atoms with Crippen LogP contribution in [0.15, 0.2) is 72.8 Å². The standard InChI is InChI=1S/C28H26O2/c1-18-10-13-22(18)21-16-29-25-14-11-19-6-2-4-8-23(19)27(25)28-24-9-5-3-7-20(24)12-15-26(28)30-17-21/h2-9,11-12,14-15,18,21-22H,10,13,16-17H2,1H3. The molecule has 4 aromatic carbocycles. The van der Waals surface area contributed by atoms with Crippen molar-refractivity contribution in [2.45, 2.75) is 19.8 Å². The van der Waals surface area contributed by atoms with Crippen LogP contribution in [0.1, 0.15) is 19.8 Å². The lowest BCUT2D eigenvalue weighted by Gasteiger charge is -2.39. The summed E-state index contributed by atoms with van der Waals surface area (Å²) in [6.07, 6.45) is 2.61. The monoisotopic (exact) mass is 394 g/mol. The summed E-state index contributed by atoms with van der Waals surface area (Å²) < 4.78 is 13.1. The zero-order chi connectivity index (χ0) is 20.1. The maximum Gasteiger partial charge on any atom is 0.127 e. The molecule has 0 spiro atoms. The average Bonchev–Trinajstić information content (AvgIpc) is 2.86. The van der Waals surface area contributed by atoms with Gasteiger partial charge in [-0.15, -0.1) is 0 Å². The molecule has 1 fully saturated rings. The van der Waals surface area contributed by atoms with E-state index in [0.717, 1.165) is 28.5 Å². The van der Waals surface area contributed by atoms with Gasteiger partial charge in [-0.3, -0.25) is 0 Å². The van der Waals surface area contributed by atoms with Crippen LogP contribution in [0.3, 0.4) is 0 Å². The first-order valence-corrected chi connectivity index (χ1v) is 11.1. The lowest BCUT2D eigenvalue weighted by atomic mass is 9.68. The summed E-state index contributed by atoms with van der Waals surface area (Å²) in [5, 5.41) is 4.88. The molecular formula is C28H26O2. The van der Waals surface area contributed by atoms with E-state index in [0.29, 0.717) is 25.0 Å². The van der Waals surface area contributed by atoms with Gasteiger partial charge in [0.2, 0.25) is 0 Å². The van der Waals surface area contributed by atoms with Crippen molar-refractivity contribution in [3.05, 3.63) is 72.8 Å². The van der Waals surface area contributed by atoms with Gasteiger partial charge in [-0.05, 0) is 51.9 Å². The fourth-order valence-electron chi connectivity index (χ4n) is 5.34. The summed E-state index contributed by atoms with van der Waals surface area (Å²) in [5.74, 6) is 3.80. The number of rotatable bonds is 1. The van der Waals surface area contributed by atoms with Crippen molar-refractivity contribution in [3.8, 4) is 22.6 Å². The smallest absolute Gasteiger partial charge is 0.127 e. The van der Waals surface area contributed by atoms with Crippen molar-refractivity contribution in [3.63, 3.8) is 0 Å². The van der Waals surface area contributed by atoms with E-state index in [4.69, 9.17) is 9.47 Å². The number of benzene rings is 4. The summed E-state index contributed by atoms with van der Waals surface area (Å²) in [5.41, 5.74) is 2.31. The Kier molecular flexibility index (Phi) is 4.19. The quantitative estimate of drug-likeness (QED) is 0.343. The molecule has 1 heterocycles. The molecule has 2 nitrogen and oxygen atoms in total. The topological polar surface area (TPSA) is 18.5 Å². The molecule has 1 saturated carbocycles. The fourth-order valence-corrected chi connectivity index (χ4v) is 5.34. The van der Waals surface area contributed by atoms with Crippen LogP contribution in [0, 0.1) is 17.8 Å². The maximum atomic E-state index is 6.56. The molecular weight excluding hydrogens is 368 g/mol. The summed E-state index contributed by atoms with van der Waals surface area (Å²) in [7, 11) is 0. The molecule has 2 atom stereocenters. The minimum atomic E-state index is 0.422. The third-order valence-corrected chi connectivity index (χ3v) is 7.23. The van der Waals surface area contributed by atoms with Crippen LogP contribution in [0.25, 0.3) is 32.7 Å². The minimum absolute atomic E-state index is 0.422. The maximum absolute atomic E-state index is 6.56. The highest BCUT2D eigenvalue weighted by Crippen LogP contribution is 2.47. The van der Waals surface area contributed by atoms with Crippen molar-refractivity contribution >= 4 is 21.5 Å². The predicted octanol–water partition coefficient (Wildman–Crippen LogP) is 7.09. The minimum Gasteiger partial charge on any atom is -0.492 e. The van der Waals surface area contributed by atoms with Gasteiger partial charge in [-0.25, -0.2) is 0 Å². The van der Waals surface area contributed by atoms with E-state index in [2.05, 4.69) is 79.7 Å². The Morgan fingerprint density at radius 3 is 1.63 bits per heavy atom. The van der Waals surface area contributed by atoms with E-state index in [1.807, 2.05) is 0 Å². The van der Waals surface area contributed by atoms with Gasteiger partial charge in [0.05, 0.1) is 13.2 Å². The SMILES string of the molecule is CC1CCC1C1COc2ccc3ccccc3c2-c2c(ccc3ccccc23)OC1. The summed E-state index contributed by atoms with van der Waals surface area (Å²) in [6.45, 7) is 3.79. The number of fused-ring (bicyclic) bond motifs is 7. The summed E-state index contributed by atoms with van der Waals surface area (Å²) in [6, 6.07) is 25.8. The second-order valence-corrected chi connectivity index (χ2v) is 8.92. The molecule has 1 aliphatic carbocycles. The Labute approximate surface area is 177 Å². The van der Waals surface area contributed by atoms with Gasteiger partial charge < -0.3 is 9.47 Å². The highest BCUT2D eigenvalue weighted by Gasteiger charge is 2.36. The molecule has 1 aliphatic heterocycles. The molecule has 30 heavy (non-hydrogen) atoms. The van der Waals surface area contributed by atoms with Crippen LogP contribution < -0.4 is 9.47 Å². The summed E-state index contributed by atoms with van der Waals surface area (Å²) >= 11 is 0. The second-order valence-electron chi connectivity index (χ2n) is 8.92. The predicted molar refractivity (Wildman–Crippen MR) is 123 cm³/mol. The number of hydrogen-bond acceptors (Lipinski definition) is 2. The van der Waals surface area contributed by atoms with E-state index in [1.165, 1.54) is 34.4 Å². The molecule has 2 aliphatic rings. The van der Waals surface area contributed by atoms with Gasteiger partial charge in [0.1, 0.15) is 11.5 Å². The van der Waals surface area contributed by atoms with Crippen LogP contribution in [0.4, 0.5) is 0 Å². The fraction of sp³-hybridized carbons (Fsp3) is 0.286. The number of hydrogen-bond donors (Lipinski definition) is 0. The summed E-state index contributed by atoms with van der Waals surface area (Å²) in [4.78, 5) is 0. The molecule has 4 aromatic rings. The van der Waals surface area contributed by atoms with Crippen molar-refractivity contribution in [1.82, 2.24) is 0 Å². The molecule has 2 unspecified atom stereocenters. The van der Waals surface area contributed by atoms with Crippen molar-refractivity contribution in [2.75, 3.05) is 13.2 Å². The Hall–Kier alpha value is -3.00. The zero-order valence-corrected chi connectivity index (χ0v) is 17.3. The first-order valence-electron chi connectivity index (χ1n) is 11.1. The van der Waals surface area contributed by atoms with Gasteiger partial charge in [-0.1, -0.05) is 74.0 Å².